The average molecular weight is 530 g/mol. The number of nitrogens with zero attached hydrogens (tertiary/aromatic N) is 3. The minimum absolute atomic E-state index is 0. The summed E-state index contributed by atoms with van der Waals surface area (Å²) in [6, 6.07) is 12.3. The molecule has 2 heterocycles. The highest BCUT2D eigenvalue weighted by Crippen LogP contribution is 2.25. The van der Waals surface area contributed by atoms with Gasteiger partial charge in [0.2, 0.25) is 0 Å². The molecule has 1 aliphatic heterocycles. The molecule has 1 aliphatic rings. The largest absolute Gasteiger partial charge is 0.380 e. The molecule has 2 aromatic rings. The third-order valence-electron chi connectivity index (χ3n) is 4.74. The van der Waals surface area contributed by atoms with Gasteiger partial charge in [-0.05, 0) is 36.6 Å². The lowest BCUT2D eigenvalue weighted by molar-refractivity contribution is 0.184. The van der Waals surface area contributed by atoms with Crippen LogP contribution in [-0.2, 0) is 17.9 Å². The Morgan fingerprint density at radius 1 is 1.28 bits per heavy atom. The number of nitrogens with one attached hydrogen (secondary N) is 2. The van der Waals surface area contributed by atoms with Crippen LogP contribution in [-0.4, -0.2) is 43.7 Å². The van der Waals surface area contributed by atoms with Gasteiger partial charge in [0.1, 0.15) is 5.82 Å². The molecule has 158 valence electrons. The van der Waals surface area contributed by atoms with Gasteiger partial charge in [-0.1, -0.05) is 35.9 Å². The Morgan fingerprint density at radius 3 is 2.79 bits per heavy atom. The van der Waals surface area contributed by atoms with E-state index in [1.165, 1.54) is 11.1 Å². The maximum Gasteiger partial charge on any atom is 0.191 e. The smallest absolute Gasteiger partial charge is 0.191 e. The lowest BCUT2D eigenvalue weighted by Crippen LogP contribution is -2.44. The number of rotatable bonds is 7. The summed E-state index contributed by atoms with van der Waals surface area (Å²) >= 11 is 6.29. The first-order valence-electron chi connectivity index (χ1n) is 9.67. The summed E-state index contributed by atoms with van der Waals surface area (Å²) in [6.07, 6.45) is 2.79. The minimum atomic E-state index is 0. The number of hydrogen-bond donors (Lipinski definition) is 2. The van der Waals surface area contributed by atoms with Gasteiger partial charge in [-0.2, -0.15) is 0 Å². The zero-order valence-electron chi connectivity index (χ0n) is 16.9. The van der Waals surface area contributed by atoms with Crippen molar-refractivity contribution < 1.29 is 4.74 Å². The summed E-state index contributed by atoms with van der Waals surface area (Å²) < 4.78 is 5.29. The number of hydrogen-bond acceptors (Lipinski definition) is 4. The van der Waals surface area contributed by atoms with E-state index in [1.807, 2.05) is 24.3 Å². The summed E-state index contributed by atoms with van der Waals surface area (Å²) in [4.78, 5) is 11.4. The van der Waals surface area contributed by atoms with Gasteiger partial charge in [-0.25, -0.2) is 9.98 Å². The molecule has 1 aromatic heterocycles. The van der Waals surface area contributed by atoms with Crippen molar-refractivity contribution >= 4 is 47.4 Å². The van der Waals surface area contributed by atoms with Crippen LogP contribution < -0.4 is 15.5 Å². The van der Waals surface area contributed by atoms with Gasteiger partial charge >= 0.3 is 0 Å². The van der Waals surface area contributed by atoms with Crippen LogP contribution in [0.3, 0.4) is 0 Å². The van der Waals surface area contributed by atoms with Crippen LogP contribution >= 0.6 is 35.6 Å². The van der Waals surface area contributed by atoms with E-state index in [2.05, 4.69) is 39.6 Å². The van der Waals surface area contributed by atoms with Crippen molar-refractivity contribution in [3.8, 4) is 0 Å². The molecule has 3 rings (SSSR count). The lowest BCUT2D eigenvalue weighted by atomic mass is 10.1. The van der Waals surface area contributed by atoms with Gasteiger partial charge in [-0.3, -0.25) is 0 Å². The zero-order valence-corrected chi connectivity index (χ0v) is 20.0. The summed E-state index contributed by atoms with van der Waals surface area (Å²) in [5.74, 6) is 1.68. The van der Waals surface area contributed by atoms with Gasteiger partial charge in [0.15, 0.2) is 5.96 Å². The second-order valence-corrected chi connectivity index (χ2v) is 7.19. The first kappa shape index (κ1) is 23.7. The van der Waals surface area contributed by atoms with Crippen molar-refractivity contribution in [2.75, 3.05) is 31.6 Å². The van der Waals surface area contributed by atoms with Crippen LogP contribution in [0, 0.1) is 0 Å². The van der Waals surface area contributed by atoms with Crippen molar-refractivity contribution in [2.24, 2.45) is 4.99 Å². The van der Waals surface area contributed by atoms with E-state index in [1.54, 1.807) is 13.3 Å². The van der Waals surface area contributed by atoms with E-state index in [0.717, 1.165) is 37.8 Å². The predicted octanol–water partition coefficient (Wildman–Crippen LogP) is 3.83. The Kier molecular flexibility index (Phi) is 9.96. The van der Waals surface area contributed by atoms with E-state index in [9.17, 15) is 0 Å². The molecule has 1 aromatic carbocycles. The van der Waals surface area contributed by atoms with Crippen LogP contribution in [0.5, 0.6) is 0 Å². The number of methoxy groups -OCH3 is 1. The molecular weight excluding hydrogens is 501 g/mol. The minimum Gasteiger partial charge on any atom is -0.380 e. The number of pyridine rings is 1. The number of aliphatic imine (C=N–C) groups is 1. The molecule has 1 saturated heterocycles. The van der Waals surface area contributed by atoms with Gasteiger partial charge in [0.25, 0.3) is 0 Å². The molecule has 0 amide bonds. The van der Waals surface area contributed by atoms with E-state index >= 15 is 0 Å². The quantitative estimate of drug-likeness (QED) is 0.324. The lowest BCUT2D eigenvalue weighted by Gasteiger charge is -2.20. The van der Waals surface area contributed by atoms with Crippen molar-refractivity contribution in [2.45, 2.75) is 32.5 Å². The molecule has 0 bridgehead atoms. The van der Waals surface area contributed by atoms with Crippen LogP contribution in [0.2, 0.25) is 5.02 Å². The van der Waals surface area contributed by atoms with Crippen LogP contribution in [0.1, 0.15) is 24.5 Å². The first-order valence-corrected chi connectivity index (χ1v) is 10.0. The van der Waals surface area contributed by atoms with Crippen LogP contribution in [0.4, 0.5) is 5.82 Å². The van der Waals surface area contributed by atoms with Crippen molar-refractivity contribution in [3.63, 3.8) is 0 Å². The molecule has 0 saturated carbocycles. The molecule has 0 radical (unpaired) electrons. The monoisotopic (exact) mass is 529 g/mol. The fourth-order valence-corrected chi connectivity index (χ4v) is 3.61. The molecule has 8 heteroatoms. The standard InChI is InChI=1S/C21H28ClN5O.HI/c1-3-23-21(25-13-16-7-4-5-8-17(16)15-28-2)26-18-10-12-27(14-18)20-19(22)9-6-11-24-20;/h4-9,11,18H,3,10,12-15H2,1-2H3,(H2,23,25,26);1H. The molecule has 29 heavy (non-hydrogen) atoms. The van der Waals surface area contributed by atoms with Crippen molar-refractivity contribution in [3.05, 3.63) is 58.7 Å². The Labute approximate surface area is 195 Å². The van der Waals surface area contributed by atoms with Crippen molar-refractivity contribution in [1.82, 2.24) is 15.6 Å². The number of ether oxygens (including phenoxy) is 1. The third-order valence-corrected chi connectivity index (χ3v) is 5.03. The van der Waals surface area contributed by atoms with Gasteiger partial charge in [-0.15, -0.1) is 24.0 Å². The summed E-state index contributed by atoms with van der Waals surface area (Å²) in [5, 5.41) is 7.59. The molecule has 6 nitrogen and oxygen atoms in total. The van der Waals surface area contributed by atoms with Crippen LogP contribution in [0.25, 0.3) is 0 Å². The summed E-state index contributed by atoms with van der Waals surface area (Å²) in [7, 11) is 1.71. The predicted molar refractivity (Wildman–Crippen MR) is 130 cm³/mol. The Hall–Kier alpha value is -1.58. The number of guanidine groups is 1. The Morgan fingerprint density at radius 2 is 2.07 bits per heavy atom. The van der Waals surface area contributed by atoms with E-state index < -0.39 is 0 Å². The second kappa shape index (κ2) is 12.2. The molecule has 2 N–H and O–H groups in total. The van der Waals surface area contributed by atoms with Gasteiger partial charge in [0, 0.05) is 39.0 Å². The SMILES string of the molecule is CCNC(=NCc1ccccc1COC)NC1CCN(c2ncccc2Cl)C1.I. The summed E-state index contributed by atoms with van der Waals surface area (Å²) in [6.45, 7) is 5.86. The summed E-state index contributed by atoms with van der Waals surface area (Å²) in [5.41, 5.74) is 2.34. The third kappa shape index (κ3) is 6.72. The topological polar surface area (TPSA) is 61.8 Å². The zero-order chi connectivity index (χ0) is 19.8. The Bertz CT molecular complexity index is 804. The maximum absolute atomic E-state index is 6.29. The van der Waals surface area contributed by atoms with Gasteiger partial charge < -0.3 is 20.3 Å². The van der Waals surface area contributed by atoms with Crippen LogP contribution in [0.15, 0.2) is 47.6 Å². The van der Waals surface area contributed by atoms with Gasteiger partial charge in [0.05, 0.1) is 18.2 Å². The van der Waals surface area contributed by atoms with E-state index in [4.69, 9.17) is 21.3 Å². The molecule has 1 atom stereocenters. The fraction of sp³-hybridized carbons (Fsp3) is 0.429. The highest BCUT2D eigenvalue weighted by Gasteiger charge is 2.25. The molecular formula is C21H29ClIN5O. The number of aromatic nitrogens is 1. The van der Waals surface area contributed by atoms with E-state index in [0.29, 0.717) is 24.2 Å². The number of anilines is 1. The number of halogens is 2. The first-order chi connectivity index (χ1) is 13.7. The molecule has 1 unspecified atom stereocenters. The maximum atomic E-state index is 6.29. The normalized spacial score (nSPS) is 16.4. The van der Waals surface area contributed by atoms with Crippen molar-refractivity contribution in [1.29, 1.82) is 0 Å². The molecule has 1 fully saturated rings. The fourth-order valence-electron chi connectivity index (χ4n) is 3.37. The second-order valence-electron chi connectivity index (χ2n) is 6.78. The highest BCUT2D eigenvalue weighted by atomic mass is 127. The number of benzene rings is 1. The molecule has 0 aliphatic carbocycles. The molecule has 0 spiro atoms. The Balaban J connectivity index is 0.00000300. The highest BCUT2D eigenvalue weighted by molar-refractivity contribution is 14.0. The van der Waals surface area contributed by atoms with E-state index in [-0.39, 0.29) is 24.0 Å². The average Bonchev–Trinajstić information content (AvgIpc) is 3.16.